The highest BCUT2D eigenvalue weighted by Crippen LogP contribution is 2.55. The van der Waals surface area contributed by atoms with Gasteiger partial charge in [-0.3, -0.25) is 28.9 Å². The number of carbonyl (C=O) groups excluding carboxylic acids is 5. The molecule has 13 nitrogen and oxygen atoms in total. The van der Waals surface area contributed by atoms with Crippen LogP contribution >= 0.6 is 0 Å². The number of aliphatic hydroxyl groups is 2. The van der Waals surface area contributed by atoms with Crippen molar-refractivity contribution in [1.82, 2.24) is 4.90 Å². The number of diazo groups is 1. The van der Waals surface area contributed by atoms with E-state index in [2.05, 4.69) is 10.5 Å². The lowest BCUT2D eigenvalue weighted by Gasteiger charge is -2.55. The van der Waals surface area contributed by atoms with E-state index in [1.54, 1.807) is 6.92 Å². The topological polar surface area (TPSA) is 215 Å². The number of aliphatic hydroxyl groups excluding tert-OH is 1. The first kappa shape index (κ1) is 24.4. The summed E-state index contributed by atoms with van der Waals surface area (Å²) in [5, 5.41) is 45.1. The van der Waals surface area contributed by atoms with Crippen LogP contribution in [0.2, 0.25) is 0 Å². The number of benzene rings is 1. The van der Waals surface area contributed by atoms with Crippen LogP contribution in [0.25, 0.3) is 5.08 Å². The van der Waals surface area contributed by atoms with Crippen molar-refractivity contribution in [3.63, 3.8) is 0 Å². The fourth-order valence-electron chi connectivity index (χ4n) is 6.13. The van der Waals surface area contributed by atoms with E-state index in [-0.39, 0.29) is 16.8 Å². The fraction of sp³-hybridized carbons (Fsp3) is 0.500. The standard InChI is InChI=1S/C22H23N5O8/c1-6-7-4-5-8(25-26-24)15(28)10(7)16(29)11-9(6)17(30)13-14(27(2)3)18(31)12(21(23)34)20(33)22(13,35)19(11)32/h4-6,9,11-14,17,24,30,35H,1-3H3,(H2,23,34)/p+1/t6-,9+,11?,12?,13+,14-,17-,22-/m0/s1. The molecule has 2 unspecified atom stereocenters. The van der Waals surface area contributed by atoms with E-state index in [4.69, 9.17) is 11.1 Å². The summed E-state index contributed by atoms with van der Waals surface area (Å²) in [5.41, 5.74) is 4.14. The summed E-state index contributed by atoms with van der Waals surface area (Å²) >= 11 is 0. The van der Waals surface area contributed by atoms with E-state index in [1.807, 2.05) is 0 Å². The first-order valence-corrected chi connectivity index (χ1v) is 10.8. The molecule has 1 amide bonds. The van der Waals surface area contributed by atoms with Crippen LogP contribution in [0.5, 0.6) is 5.75 Å². The zero-order valence-corrected chi connectivity index (χ0v) is 19.0. The molecule has 0 saturated heterocycles. The number of nitrogens with zero attached hydrogens (tertiary/aromatic N) is 3. The van der Waals surface area contributed by atoms with E-state index in [0.717, 1.165) is 0 Å². The van der Waals surface area contributed by atoms with Crippen LogP contribution in [0.4, 0.5) is 5.69 Å². The molecule has 4 rings (SSSR count). The van der Waals surface area contributed by atoms with E-state index in [1.165, 1.54) is 31.1 Å². The number of rotatable bonds is 3. The highest BCUT2D eigenvalue weighted by atomic mass is 16.3. The average Bonchev–Trinajstić information content (AvgIpc) is 2.77. The molecule has 0 bridgehead atoms. The number of hydrogen-bond acceptors (Lipinski definition) is 11. The molecule has 3 aliphatic rings. The van der Waals surface area contributed by atoms with Gasteiger partial charge >= 0.3 is 5.08 Å². The quantitative estimate of drug-likeness (QED) is 0.145. The third-order valence-corrected chi connectivity index (χ3v) is 7.66. The Hall–Kier alpha value is -3.73. The van der Waals surface area contributed by atoms with Gasteiger partial charge in [-0.15, -0.1) is 0 Å². The van der Waals surface area contributed by atoms with Gasteiger partial charge in [0.2, 0.25) is 5.91 Å². The molecular formula is C22H24N5O8+. The molecule has 2 saturated carbocycles. The van der Waals surface area contributed by atoms with Crippen molar-refractivity contribution >= 4 is 34.7 Å². The van der Waals surface area contributed by atoms with Crippen LogP contribution in [-0.2, 0) is 19.2 Å². The molecular weight excluding hydrogens is 462 g/mol. The molecule has 1 aromatic rings. The Morgan fingerprint density at radius 1 is 1.20 bits per heavy atom. The molecule has 3 aliphatic carbocycles. The zero-order chi connectivity index (χ0) is 26.1. The Labute approximate surface area is 198 Å². The van der Waals surface area contributed by atoms with Crippen LogP contribution in [0.3, 0.4) is 0 Å². The van der Waals surface area contributed by atoms with Crippen molar-refractivity contribution in [1.29, 1.82) is 5.39 Å². The summed E-state index contributed by atoms with van der Waals surface area (Å²) in [4.78, 5) is 66.9. The van der Waals surface area contributed by atoms with Crippen molar-refractivity contribution in [2.45, 2.75) is 30.6 Å². The number of fused-ring (bicyclic) bond motifs is 3. The molecule has 0 aliphatic heterocycles. The van der Waals surface area contributed by atoms with E-state index >= 15 is 0 Å². The van der Waals surface area contributed by atoms with Gasteiger partial charge in [0.25, 0.3) is 5.39 Å². The lowest BCUT2D eigenvalue weighted by atomic mass is 9.49. The zero-order valence-electron chi connectivity index (χ0n) is 19.0. The first-order chi connectivity index (χ1) is 16.3. The van der Waals surface area contributed by atoms with E-state index in [0.29, 0.717) is 0 Å². The second kappa shape index (κ2) is 7.91. The lowest BCUT2D eigenvalue weighted by molar-refractivity contribution is -0.196. The fourth-order valence-corrected chi connectivity index (χ4v) is 6.13. The molecule has 35 heavy (non-hydrogen) atoms. The molecule has 0 radical (unpaired) electrons. The van der Waals surface area contributed by atoms with Gasteiger partial charge in [-0.2, -0.15) is 0 Å². The molecule has 6 N–H and O–H groups in total. The van der Waals surface area contributed by atoms with E-state index in [9.17, 15) is 39.3 Å². The number of phenols is 1. The van der Waals surface area contributed by atoms with Gasteiger partial charge < -0.3 is 21.1 Å². The Balaban J connectivity index is 1.95. The Morgan fingerprint density at radius 2 is 1.83 bits per heavy atom. The number of ketones is 4. The van der Waals surface area contributed by atoms with Crippen molar-refractivity contribution in [3.05, 3.63) is 28.3 Å². The lowest BCUT2D eigenvalue weighted by Crippen LogP contribution is -2.77. The first-order valence-electron chi connectivity index (χ1n) is 10.8. The van der Waals surface area contributed by atoms with Crippen LogP contribution < -0.4 is 11.2 Å². The summed E-state index contributed by atoms with van der Waals surface area (Å²) in [6.45, 7) is 1.59. The molecule has 0 aromatic heterocycles. The number of hydrogen-bond donors (Lipinski definition) is 5. The summed E-state index contributed by atoms with van der Waals surface area (Å²) in [6.07, 6.45) is -1.70. The van der Waals surface area contributed by atoms with Gasteiger partial charge in [0.1, 0.15) is 0 Å². The van der Waals surface area contributed by atoms with Crippen molar-refractivity contribution < 1.29 is 39.3 Å². The molecule has 1 aromatic carbocycles. The Bertz CT molecular complexity index is 1240. The van der Waals surface area contributed by atoms with Crippen molar-refractivity contribution in [2.24, 2.45) is 29.4 Å². The number of likely N-dealkylation sites (N-methyl/N-ethyl adjacent to an activating group) is 1. The number of amides is 1. The third-order valence-electron chi connectivity index (χ3n) is 7.66. The highest BCUT2D eigenvalue weighted by molar-refractivity contribution is 6.32. The van der Waals surface area contributed by atoms with Crippen LogP contribution in [0, 0.1) is 29.1 Å². The highest BCUT2D eigenvalue weighted by Gasteiger charge is 2.72. The predicted molar refractivity (Wildman–Crippen MR) is 116 cm³/mol. The second-order valence-corrected chi connectivity index (χ2v) is 9.50. The van der Waals surface area contributed by atoms with Gasteiger partial charge in [-0.1, -0.05) is 13.0 Å². The van der Waals surface area contributed by atoms with Crippen molar-refractivity contribution in [3.8, 4) is 5.75 Å². The molecule has 184 valence electrons. The maximum Gasteiger partial charge on any atom is 0.308 e. The molecule has 0 spiro atoms. The number of nitrogens with two attached hydrogens (primary N) is 1. The van der Waals surface area contributed by atoms with Gasteiger partial charge in [0.15, 0.2) is 46.1 Å². The minimum atomic E-state index is -3.05. The molecule has 13 heteroatoms. The number of carbonyl (C=O) groups is 5. The Morgan fingerprint density at radius 3 is 2.37 bits per heavy atom. The summed E-state index contributed by atoms with van der Waals surface area (Å²) in [7, 11) is 2.84. The number of anilines is 1. The van der Waals surface area contributed by atoms with Crippen molar-refractivity contribution in [2.75, 3.05) is 19.5 Å². The van der Waals surface area contributed by atoms with Gasteiger partial charge in [0.05, 0.1) is 29.5 Å². The number of nitrogens with one attached hydrogen (secondary N) is 1. The monoisotopic (exact) mass is 486 g/mol. The summed E-state index contributed by atoms with van der Waals surface area (Å²) in [6, 6.07) is 1.35. The largest absolute Gasteiger partial charge is 0.505 e. The summed E-state index contributed by atoms with van der Waals surface area (Å²) in [5.74, 6) is -14.2. The van der Waals surface area contributed by atoms with Crippen LogP contribution in [0.1, 0.15) is 28.8 Å². The van der Waals surface area contributed by atoms with Crippen LogP contribution in [-0.4, -0.2) is 81.1 Å². The SMILES string of the molecule is C[C@H]1c2ccc(N[N+]#N)c(O)c2C(=O)C2C(=O)[C@]3(O)C(=O)C(C(N)=O)C(=O)[C@@H](N(C)C)[C@@H]3[C@@H](O)[C@@H]21. The van der Waals surface area contributed by atoms with E-state index < -0.39 is 82.1 Å². The molecule has 2 fully saturated rings. The smallest absolute Gasteiger partial charge is 0.308 e. The number of Topliss-reactive ketones (excluding diaryl/α,β-unsaturated/α-hetero) is 4. The second-order valence-electron chi connectivity index (χ2n) is 9.50. The maximum absolute atomic E-state index is 13.8. The maximum atomic E-state index is 13.8. The van der Waals surface area contributed by atoms with Gasteiger partial charge in [0, 0.05) is 5.92 Å². The minimum absolute atomic E-state index is 0.147. The third kappa shape index (κ3) is 2.97. The van der Waals surface area contributed by atoms with Crippen LogP contribution in [0.15, 0.2) is 12.1 Å². The van der Waals surface area contributed by atoms with Gasteiger partial charge in [-0.25, -0.2) is 0 Å². The molecule has 8 atom stereocenters. The van der Waals surface area contributed by atoms with Gasteiger partial charge in [-0.05, 0) is 37.1 Å². The number of phenolic OH excluding ortho intramolecular Hbond substituents is 1. The average molecular weight is 486 g/mol. The number of aromatic hydroxyl groups is 1. The Kier molecular flexibility index (Phi) is 5.51. The number of primary amides is 1. The predicted octanol–water partition coefficient (Wildman–Crippen LogP) is -1.42. The normalized spacial score (nSPS) is 36.2. The summed E-state index contributed by atoms with van der Waals surface area (Å²) < 4.78 is 0. The molecule has 0 heterocycles. The minimum Gasteiger partial charge on any atom is -0.505 e.